The Morgan fingerprint density at radius 3 is 2.70 bits per heavy atom. The topological polar surface area (TPSA) is 64.7 Å². The van der Waals surface area contributed by atoms with Gasteiger partial charge in [-0.3, -0.25) is 10.2 Å². The van der Waals surface area contributed by atoms with Crippen LogP contribution < -0.4 is 5.43 Å². The second kappa shape index (κ2) is 6.09. The standard InChI is InChI=1S/C21H19N5O/c1-14-6-2-4-8-18(14)26-20(15-10-11-15)16(12-23-26)21(27)24-25-13-22-17-7-3-5-9-19(17)25/h2-9,12-13,15H,10-11H2,1H3,(H,24,27). The van der Waals surface area contributed by atoms with Crippen LogP contribution in [0.5, 0.6) is 0 Å². The van der Waals surface area contributed by atoms with E-state index in [1.807, 2.05) is 47.1 Å². The van der Waals surface area contributed by atoms with E-state index in [1.54, 1.807) is 17.2 Å². The number of para-hydroxylation sites is 3. The largest absolute Gasteiger partial charge is 0.273 e. The monoisotopic (exact) mass is 357 g/mol. The van der Waals surface area contributed by atoms with E-state index in [0.717, 1.165) is 40.8 Å². The minimum absolute atomic E-state index is 0.167. The van der Waals surface area contributed by atoms with Crippen LogP contribution in [0.2, 0.25) is 0 Å². The lowest BCUT2D eigenvalue weighted by Crippen LogP contribution is -2.23. The number of nitrogens with one attached hydrogen (secondary N) is 1. The first-order valence-electron chi connectivity index (χ1n) is 9.10. The number of carbonyl (C=O) groups excluding carboxylic acids is 1. The smallest absolute Gasteiger partial charge is 0.267 e. The van der Waals surface area contributed by atoms with Crippen LogP contribution in [0, 0.1) is 6.92 Å². The molecule has 2 aromatic heterocycles. The molecule has 1 aliphatic rings. The zero-order valence-corrected chi connectivity index (χ0v) is 15.0. The fourth-order valence-corrected chi connectivity index (χ4v) is 3.49. The highest BCUT2D eigenvalue weighted by molar-refractivity contribution is 6.01. The normalized spacial score (nSPS) is 13.8. The van der Waals surface area contributed by atoms with Crippen LogP contribution >= 0.6 is 0 Å². The zero-order valence-electron chi connectivity index (χ0n) is 15.0. The minimum atomic E-state index is -0.167. The molecule has 6 heteroatoms. The fraction of sp³-hybridized carbons (Fsp3) is 0.190. The van der Waals surface area contributed by atoms with Gasteiger partial charge in [0.2, 0.25) is 0 Å². The van der Waals surface area contributed by atoms with Crippen LogP contribution in [0.3, 0.4) is 0 Å². The number of aryl methyl sites for hydroxylation is 1. The lowest BCUT2D eigenvalue weighted by Gasteiger charge is -2.12. The number of amides is 1. The number of hydrogen-bond donors (Lipinski definition) is 1. The molecule has 27 heavy (non-hydrogen) atoms. The third kappa shape index (κ3) is 2.70. The molecule has 2 heterocycles. The Hall–Kier alpha value is -3.41. The summed E-state index contributed by atoms with van der Waals surface area (Å²) in [7, 11) is 0. The van der Waals surface area contributed by atoms with Gasteiger partial charge < -0.3 is 0 Å². The van der Waals surface area contributed by atoms with Gasteiger partial charge in [0.15, 0.2) is 0 Å². The van der Waals surface area contributed by atoms with Gasteiger partial charge in [-0.05, 0) is 43.5 Å². The molecule has 0 unspecified atom stereocenters. The molecule has 0 aliphatic heterocycles. The third-order valence-corrected chi connectivity index (χ3v) is 5.03. The molecule has 5 rings (SSSR count). The van der Waals surface area contributed by atoms with Crippen LogP contribution in [0.1, 0.15) is 40.4 Å². The maximum absolute atomic E-state index is 13.0. The molecule has 1 saturated carbocycles. The molecule has 4 aromatic rings. The second-order valence-corrected chi connectivity index (χ2v) is 6.96. The van der Waals surface area contributed by atoms with Crippen molar-refractivity contribution in [3.63, 3.8) is 0 Å². The molecular formula is C21H19N5O. The van der Waals surface area contributed by atoms with Crippen molar-refractivity contribution < 1.29 is 4.79 Å². The van der Waals surface area contributed by atoms with Gasteiger partial charge in [-0.25, -0.2) is 14.3 Å². The molecule has 0 bridgehead atoms. The molecule has 6 nitrogen and oxygen atoms in total. The van der Waals surface area contributed by atoms with Gasteiger partial charge in [0.1, 0.15) is 6.33 Å². The van der Waals surface area contributed by atoms with Gasteiger partial charge in [-0.15, -0.1) is 0 Å². The van der Waals surface area contributed by atoms with Crippen molar-refractivity contribution in [3.05, 3.63) is 77.9 Å². The molecule has 0 radical (unpaired) electrons. The number of carbonyl (C=O) groups is 1. The predicted octanol–water partition coefficient (Wildman–Crippen LogP) is 3.79. The van der Waals surface area contributed by atoms with E-state index in [0.29, 0.717) is 11.5 Å². The quantitative estimate of drug-likeness (QED) is 0.604. The SMILES string of the molecule is Cc1ccccc1-n1ncc(C(=O)Nn2cnc3ccccc32)c1C1CC1. The highest BCUT2D eigenvalue weighted by Gasteiger charge is 2.33. The molecule has 2 aromatic carbocycles. The van der Waals surface area contributed by atoms with Gasteiger partial charge in [0.05, 0.1) is 34.2 Å². The maximum Gasteiger partial charge on any atom is 0.273 e. The number of rotatable bonds is 4. The number of fused-ring (bicyclic) bond motifs is 1. The van der Waals surface area contributed by atoms with Gasteiger partial charge in [0.25, 0.3) is 5.91 Å². The van der Waals surface area contributed by atoms with Crippen molar-refractivity contribution in [2.45, 2.75) is 25.7 Å². The van der Waals surface area contributed by atoms with Crippen LogP contribution in [0.25, 0.3) is 16.7 Å². The van der Waals surface area contributed by atoms with Crippen LogP contribution in [-0.4, -0.2) is 25.3 Å². The summed E-state index contributed by atoms with van der Waals surface area (Å²) in [6.07, 6.45) is 5.48. The molecule has 0 saturated heterocycles. The van der Waals surface area contributed by atoms with Gasteiger partial charge >= 0.3 is 0 Å². The van der Waals surface area contributed by atoms with Crippen LogP contribution in [0.15, 0.2) is 61.1 Å². The third-order valence-electron chi connectivity index (χ3n) is 5.03. The number of benzene rings is 2. The molecule has 1 N–H and O–H groups in total. The summed E-state index contributed by atoms with van der Waals surface area (Å²) in [5.74, 6) is 0.215. The summed E-state index contributed by atoms with van der Waals surface area (Å²) in [4.78, 5) is 17.4. The minimum Gasteiger partial charge on any atom is -0.267 e. The summed E-state index contributed by atoms with van der Waals surface area (Å²) < 4.78 is 3.59. The summed E-state index contributed by atoms with van der Waals surface area (Å²) in [5.41, 5.74) is 8.42. The molecule has 1 amide bonds. The zero-order chi connectivity index (χ0) is 18.4. The van der Waals surface area contributed by atoms with Gasteiger partial charge in [-0.2, -0.15) is 5.10 Å². The number of aromatic nitrogens is 4. The van der Waals surface area contributed by atoms with Crippen molar-refractivity contribution in [2.75, 3.05) is 5.43 Å². The summed E-state index contributed by atoms with van der Waals surface area (Å²) in [5, 5.41) is 4.55. The maximum atomic E-state index is 13.0. The lowest BCUT2D eigenvalue weighted by molar-refractivity contribution is 0.101. The first-order valence-corrected chi connectivity index (χ1v) is 9.10. The lowest BCUT2D eigenvalue weighted by atomic mass is 10.1. The van der Waals surface area contributed by atoms with Crippen molar-refractivity contribution >= 4 is 16.9 Å². The van der Waals surface area contributed by atoms with Crippen LogP contribution in [-0.2, 0) is 0 Å². The molecule has 1 fully saturated rings. The van der Waals surface area contributed by atoms with Crippen molar-refractivity contribution in [1.82, 2.24) is 19.4 Å². The van der Waals surface area contributed by atoms with Crippen molar-refractivity contribution in [2.24, 2.45) is 0 Å². The Morgan fingerprint density at radius 2 is 1.89 bits per heavy atom. The van der Waals surface area contributed by atoms with E-state index >= 15 is 0 Å². The Bertz CT molecular complexity index is 1150. The fourth-order valence-electron chi connectivity index (χ4n) is 3.49. The molecule has 134 valence electrons. The molecule has 0 spiro atoms. The number of hydrogen-bond acceptors (Lipinski definition) is 3. The highest BCUT2D eigenvalue weighted by atomic mass is 16.2. The number of imidazole rings is 1. The van der Waals surface area contributed by atoms with Crippen LogP contribution in [0.4, 0.5) is 0 Å². The van der Waals surface area contributed by atoms with E-state index in [2.05, 4.69) is 28.5 Å². The van der Waals surface area contributed by atoms with E-state index in [-0.39, 0.29) is 5.91 Å². The van der Waals surface area contributed by atoms with Crippen molar-refractivity contribution in [3.8, 4) is 5.69 Å². The first-order chi connectivity index (χ1) is 13.2. The average molecular weight is 357 g/mol. The highest BCUT2D eigenvalue weighted by Crippen LogP contribution is 2.42. The van der Waals surface area contributed by atoms with Crippen molar-refractivity contribution in [1.29, 1.82) is 0 Å². The Labute approximate surface area is 156 Å². The summed E-state index contributed by atoms with van der Waals surface area (Å²) in [6, 6.07) is 15.8. The summed E-state index contributed by atoms with van der Waals surface area (Å²) >= 11 is 0. The van der Waals surface area contributed by atoms with E-state index < -0.39 is 0 Å². The van der Waals surface area contributed by atoms with E-state index in [1.165, 1.54) is 0 Å². The molecule has 0 atom stereocenters. The second-order valence-electron chi connectivity index (χ2n) is 6.96. The predicted molar refractivity (Wildman–Crippen MR) is 104 cm³/mol. The number of nitrogens with zero attached hydrogens (tertiary/aromatic N) is 4. The molecular weight excluding hydrogens is 338 g/mol. The Morgan fingerprint density at radius 1 is 1.11 bits per heavy atom. The molecule has 1 aliphatic carbocycles. The average Bonchev–Trinajstić information content (AvgIpc) is 3.30. The van der Waals surface area contributed by atoms with E-state index in [4.69, 9.17) is 0 Å². The first kappa shape index (κ1) is 15.8. The van der Waals surface area contributed by atoms with E-state index in [9.17, 15) is 4.79 Å². The Kier molecular flexibility index (Phi) is 3.57. The van der Waals surface area contributed by atoms with Gasteiger partial charge in [0, 0.05) is 5.92 Å². The Balaban J connectivity index is 1.53. The summed E-state index contributed by atoms with van der Waals surface area (Å²) in [6.45, 7) is 2.06. The van der Waals surface area contributed by atoms with Gasteiger partial charge in [-0.1, -0.05) is 30.3 Å².